The van der Waals surface area contributed by atoms with E-state index >= 15 is 0 Å². The molecule has 0 fully saturated rings. The molecule has 17 heavy (non-hydrogen) atoms. The van der Waals surface area contributed by atoms with E-state index in [1.165, 1.54) is 9.58 Å². The molecule has 0 spiro atoms. The predicted octanol–water partition coefficient (Wildman–Crippen LogP) is 4.12. The summed E-state index contributed by atoms with van der Waals surface area (Å²) in [5.41, 5.74) is 0.831. The molecule has 0 aliphatic carbocycles. The highest BCUT2D eigenvalue weighted by Gasteiger charge is 2.12. The SMILES string of the molecule is CCCCc1sc2ccc(OC)cc2c1C#N. The fraction of sp³-hybridized carbons (Fsp3) is 0.357. The number of unbranched alkanes of at least 4 members (excludes halogenated alkanes) is 1. The van der Waals surface area contributed by atoms with Crippen LogP contribution in [0.3, 0.4) is 0 Å². The highest BCUT2D eigenvalue weighted by Crippen LogP contribution is 2.34. The average Bonchev–Trinajstić information content (AvgIpc) is 2.72. The zero-order valence-electron chi connectivity index (χ0n) is 10.1. The first-order valence-corrected chi connectivity index (χ1v) is 6.61. The molecule has 2 nitrogen and oxygen atoms in total. The van der Waals surface area contributed by atoms with Gasteiger partial charge in [0, 0.05) is 15.0 Å². The van der Waals surface area contributed by atoms with Crippen molar-refractivity contribution in [2.45, 2.75) is 26.2 Å². The summed E-state index contributed by atoms with van der Waals surface area (Å²) in [6.07, 6.45) is 3.29. The Morgan fingerprint density at radius 2 is 2.24 bits per heavy atom. The summed E-state index contributed by atoms with van der Waals surface area (Å²) in [6.45, 7) is 2.17. The summed E-state index contributed by atoms with van der Waals surface area (Å²) < 4.78 is 6.38. The second-order valence-corrected chi connectivity index (χ2v) is 5.11. The van der Waals surface area contributed by atoms with Gasteiger partial charge in [-0.2, -0.15) is 5.26 Å². The smallest absolute Gasteiger partial charge is 0.119 e. The van der Waals surface area contributed by atoms with Crippen LogP contribution in [0, 0.1) is 11.3 Å². The van der Waals surface area contributed by atoms with E-state index in [0.717, 1.165) is 36.0 Å². The summed E-state index contributed by atoms with van der Waals surface area (Å²) in [5, 5.41) is 10.3. The molecule has 0 aliphatic rings. The molecule has 3 heteroatoms. The van der Waals surface area contributed by atoms with E-state index in [1.54, 1.807) is 18.4 Å². The van der Waals surface area contributed by atoms with E-state index in [9.17, 15) is 5.26 Å². The second-order valence-electron chi connectivity index (χ2n) is 3.98. The van der Waals surface area contributed by atoms with Crippen molar-refractivity contribution in [2.24, 2.45) is 0 Å². The molecule has 0 radical (unpaired) electrons. The van der Waals surface area contributed by atoms with Crippen LogP contribution in [-0.4, -0.2) is 7.11 Å². The summed E-state index contributed by atoms with van der Waals surface area (Å²) in [6, 6.07) is 8.28. The molecule has 2 aromatic rings. The zero-order chi connectivity index (χ0) is 12.3. The minimum Gasteiger partial charge on any atom is -0.497 e. The third-order valence-electron chi connectivity index (χ3n) is 2.84. The van der Waals surface area contributed by atoms with Crippen LogP contribution >= 0.6 is 11.3 Å². The van der Waals surface area contributed by atoms with Crippen LogP contribution in [-0.2, 0) is 6.42 Å². The first kappa shape index (κ1) is 11.9. The summed E-state index contributed by atoms with van der Waals surface area (Å²) in [5.74, 6) is 0.814. The Kier molecular flexibility index (Phi) is 3.65. The number of fused-ring (bicyclic) bond motifs is 1. The zero-order valence-corrected chi connectivity index (χ0v) is 10.9. The largest absolute Gasteiger partial charge is 0.497 e. The lowest BCUT2D eigenvalue weighted by Crippen LogP contribution is -1.84. The number of aryl methyl sites for hydroxylation is 1. The maximum atomic E-state index is 9.28. The molecule has 0 aliphatic heterocycles. The summed E-state index contributed by atoms with van der Waals surface area (Å²) in [7, 11) is 1.65. The molecule has 0 atom stereocenters. The van der Waals surface area contributed by atoms with Crippen molar-refractivity contribution in [1.82, 2.24) is 0 Å². The molecule has 0 saturated carbocycles. The molecule has 2 rings (SSSR count). The van der Waals surface area contributed by atoms with Crippen molar-refractivity contribution in [3.63, 3.8) is 0 Å². The number of hydrogen-bond donors (Lipinski definition) is 0. The molecule has 0 amide bonds. The van der Waals surface area contributed by atoms with Gasteiger partial charge in [-0.1, -0.05) is 13.3 Å². The fourth-order valence-corrected chi connectivity index (χ4v) is 3.07. The van der Waals surface area contributed by atoms with E-state index < -0.39 is 0 Å². The van der Waals surface area contributed by atoms with Crippen molar-refractivity contribution in [3.8, 4) is 11.8 Å². The quantitative estimate of drug-likeness (QED) is 0.811. The minimum atomic E-state index is 0.814. The molecular formula is C14H15NOS. The van der Waals surface area contributed by atoms with Gasteiger partial charge in [0.2, 0.25) is 0 Å². The lowest BCUT2D eigenvalue weighted by atomic mass is 10.1. The number of hydrogen-bond acceptors (Lipinski definition) is 3. The van der Waals surface area contributed by atoms with Crippen molar-refractivity contribution in [1.29, 1.82) is 5.26 Å². The van der Waals surface area contributed by atoms with Crippen molar-refractivity contribution in [2.75, 3.05) is 7.11 Å². The number of methoxy groups -OCH3 is 1. The Balaban J connectivity index is 2.52. The molecule has 0 bridgehead atoms. The number of nitriles is 1. The van der Waals surface area contributed by atoms with Crippen molar-refractivity contribution >= 4 is 21.4 Å². The Morgan fingerprint density at radius 1 is 1.41 bits per heavy atom. The van der Waals surface area contributed by atoms with Crippen LogP contribution in [0.25, 0.3) is 10.1 Å². The summed E-state index contributed by atoms with van der Waals surface area (Å²) in [4.78, 5) is 1.21. The highest BCUT2D eigenvalue weighted by atomic mass is 32.1. The topological polar surface area (TPSA) is 33.0 Å². The van der Waals surface area contributed by atoms with E-state index in [4.69, 9.17) is 4.74 Å². The number of thiophene rings is 1. The molecule has 0 saturated heterocycles. The van der Waals surface area contributed by atoms with Gasteiger partial charge < -0.3 is 4.74 Å². The van der Waals surface area contributed by atoms with Crippen molar-refractivity contribution < 1.29 is 4.74 Å². The Bertz CT molecular complexity index is 565. The Hall–Kier alpha value is -1.53. The number of rotatable bonds is 4. The minimum absolute atomic E-state index is 0.814. The first-order valence-electron chi connectivity index (χ1n) is 5.79. The second kappa shape index (κ2) is 5.20. The van der Waals surface area contributed by atoms with Gasteiger partial charge in [0.1, 0.15) is 11.8 Å². The van der Waals surface area contributed by atoms with Crippen LogP contribution in [0.2, 0.25) is 0 Å². The van der Waals surface area contributed by atoms with Crippen molar-refractivity contribution in [3.05, 3.63) is 28.6 Å². The van der Waals surface area contributed by atoms with Crippen LogP contribution in [0.5, 0.6) is 5.75 Å². The van der Waals surface area contributed by atoms with E-state index in [0.29, 0.717) is 0 Å². The van der Waals surface area contributed by atoms with E-state index in [-0.39, 0.29) is 0 Å². The van der Waals surface area contributed by atoms with Gasteiger partial charge >= 0.3 is 0 Å². The van der Waals surface area contributed by atoms with Crippen LogP contribution in [0.15, 0.2) is 18.2 Å². The van der Waals surface area contributed by atoms with Gasteiger partial charge in [-0.25, -0.2) is 0 Å². The lowest BCUT2D eigenvalue weighted by molar-refractivity contribution is 0.415. The van der Waals surface area contributed by atoms with Gasteiger partial charge in [-0.3, -0.25) is 0 Å². The number of benzene rings is 1. The predicted molar refractivity (Wildman–Crippen MR) is 71.7 cm³/mol. The highest BCUT2D eigenvalue weighted by molar-refractivity contribution is 7.19. The van der Waals surface area contributed by atoms with Gasteiger partial charge in [-0.15, -0.1) is 11.3 Å². The van der Waals surface area contributed by atoms with Crippen LogP contribution in [0.1, 0.15) is 30.2 Å². The molecule has 1 aromatic heterocycles. The van der Waals surface area contributed by atoms with E-state index in [1.807, 2.05) is 18.2 Å². The lowest BCUT2D eigenvalue weighted by Gasteiger charge is -1.98. The standard InChI is InChI=1S/C14H15NOS/c1-3-4-5-13-12(9-15)11-8-10(16-2)6-7-14(11)17-13/h6-8H,3-5H2,1-2H3. The van der Waals surface area contributed by atoms with Crippen LogP contribution in [0.4, 0.5) is 0 Å². The maximum absolute atomic E-state index is 9.28. The molecule has 1 aromatic carbocycles. The molecule has 0 N–H and O–H groups in total. The third kappa shape index (κ3) is 2.27. The van der Waals surface area contributed by atoms with Crippen LogP contribution < -0.4 is 4.74 Å². The monoisotopic (exact) mass is 245 g/mol. The van der Waals surface area contributed by atoms with Gasteiger partial charge in [-0.05, 0) is 31.0 Å². The molecule has 1 heterocycles. The van der Waals surface area contributed by atoms with Gasteiger partial charge in [0.15, 0.2) is 0 Å². The average molecular weight is 245 g/mol. The Labute approximate surface area is 105 Å². The van der Waals surface area contributed by atoms with Gasteiger partial charge in [0.05, 0.1) is 12.7 Å². The Morgan fingerprint density at radius 3 is 2.88 bits per heavy atom. The third-order valence-corrected chi connectivity index (χ3v) is 4.07. The fourth-order valence-electron chi connectivity index (χ4n) is 1.89. The first-order chi connectivity index (χ1) is 8.30. The molecule has 88 valence electrons. The number of nitrogens with zero attached hydrogens (tertiary/aromatic N) is 1. The van der Waals surface area contributed by atoms with E-state index in [2.05, 4.69) is 13.0 Å². The summed E-state index contributed by atoms with van der Waals surface area (Å²) >= 11 is 1.73. The normalized spacial score (nSPS) is 10.4. The number of ether oxygens (including phenoxy) is 1. The molecule has 0 unspecified atom stereocenters. The molecular weight excluding hydrogens is 230 g/mol. The van der Waals surface area contributed by atoms with Gasteiger partial charge in [0.25, 0.3) is 0 Å². The maximum Gasteiger partial charge on any atom is 0.119 e.